The lowest BCUT2D eigenvalue weighted by atomic mass is 10.3. The summed E-state index contributed by atoms with van der Waals surface area (Å²) in [4.78, 5) is 16.6. The molecular formula is C13H15NO3S. The third-order valence-electron chi connectivity index (χ3n) is 2.08. The third kappa shape index (κ3) is 4.25. The molecule has 0 bridgehead atoms. The van der Waals surface area contributed by atoms with E-state index in [1.807, 2.05) is 30.5 Å². The van der Waals surface area contributed by atoms with E-state index in [9.17, 15) is 4.79 Å². The molecule has 0 aliphatic rings. The van der Waals surface area contributed by atoms with E-state index in [1.54, 1.807) is 18.7 Å². The number of hydrogen-bond donors (Lipinski definition) is 1. The molecule has 1 rings (SSSR count). The van der Waals surface area contributed by atoms with Gasteiger partial charge in [0.2, 0.25) is 0 Å². The number of hydrogen-bond acceptors (Lipinski definition) is 5. The highest BCUT2D eigenvalue weighted by molar-refractivity contribution is 7.98. The summed E-state index contributed by atoms with van der Waals surface area (Å²) in [5.74, 6) is -0.593. The van der Waals surface area contributed by atoms with Crippen LogP contribution in [-0.4, -0.2) is 30.2 Å². The maximum absolute atomic E-state index is 11.4. The van der Waals surface area contributed by atoms with Crippen molar-refractivity contribution in [1.82, 2.24) is 0 Å². The molecule has 4 nitrogen and oxygen atoms in total. The molecule has 1 N–H and O–H groups in total. The fourth-order valence-electron chi connectivity index (χ4n) is 1.17. The lowest BCUT2D eigenvalue weighted by molar-refractivity contribution is -0.137. The van der Waals surface area contributed by atoms with E-state index < -0.39 is 5.97 Å². The Morgan fingerprint density at radius 1 is 1.44 bits per heavy atom. The number of benzene rings is 1. The molecule has 0 radical (unpaired) electrons. The molecule has 0 atom stereocenters. The van der Waals surface area contributed by atoms with Gasteiger partial charge in [0, 0.05) is 11.1 Å². The number of aliphatic hydroxyl groups is 1. The zero-order valence-electron chi connectivity index (χ0n) is 10.3. The fraction of sp³-hybridized carbons (Fsp3) is 0.231. The third-order valence-corrected chi connectivity index (χ3v) is 2.82. The summed E-state index contributed by atoms with van der Waals surface area (Å²) in [7, 11) is 0. The van der Waals surface area contributed by atoms with E-state index in [-0.39, 0.29) is 12.2 Å². The molecule has 0 amide bonds. The number of ether oxygens (including phenoxy) is 1. The summed E-state index contributed by atoms with van der Waals surface area (Å²) in [6.45, 7) is 1.96. The van der Waals surface area contributed by atoms with Crippen molar-refractivity contribution in [3.63, 3.8) is 0 Å². The molecule has 1 aromatic carbocycles. The van der Waals surface area contributed by atoms with E-state index in [0.29, 0.717) is 11.9 Å². The first-order valence-corrected chi connectivity index (χ1v) is 6.63. The number of carbonyl (C=O) groups excluding carboxylic acids is 1. The molecule has 0 heterocycles. The van der Waals surface area contributed by atoms with Crippen LogP contribution in [0, 0.1) is 0 Å². The van der Waals surface area contributed by atoms with Crippen LogP contribution in [0.5, 0.6) is 0 Å². The lowest BCUT2D eigenvalue weighted by Gasteiger charge is -2.00. The van der Waals surface area contributed by atoms with Crippen molar-refractivity contribution in [2.45, 2.75) is 11.8 Å². The van der Waals surface area contributed by atoms with Crippen LogP contribution in [0.2, 0.25) is 0 Å². The topological polar surface area (TPSA) is 58.9 Å². The Hall–Kier alpha value is -1.75. The minimum Gasteiger partial charge on any atom is -0.515 e. The quantitative estimate of drug-likeness (QED) is 0.292. The Bertz CT molecular complexity index is 452. The van der Waals surface area contributed by atoms with Gasteiger partial charge in [-0.05, 0) is 37.4 Å². The monoisotopic (exact) mass is 265 g/mol. The number of rotatable bonds is 5. The van der Waals surface area contributed by atoms with Gasteiger partial charge in [-0.2, -0.15) is 0 Å². The highest BCUT2D eigenvalue weighted by atomic mass is 32.2. The van der Waals surface area contributed by atoms with E-state index in [2.05, 4.69) is 4.99 Å². The molecule has 0 saturated carbocycles. The van der Waals surface area contributed by atoms with E-state index in [0.717, 1.165) is 4.90 Å². The van der Waals surface area contributed by atoms with E-state index in [1.165, 1.54) is 6.21 Å². The summed E-state index contributed by atoms with van der Waals surface area (Å²) in [6.07, 6.45) is 3.97. The van der Waals surface area contributed by atoms with Crippen LogP contribution in [0.1, 0.15) is 6.92 Å². The normalized spacial score (nSPS) is 11.8. The number of thioether (sulfide) groups is 1. The van der Waals surface area contributed by atoms with Crippen molar-refractivity contribution >= 4 is 29.6 Å². The van der Waals surface area contributed by atoms with Crippen LogP contribution in [0.25, 0.3) is 0 Å². The average molecular weight is 265 g/mol. The van der Waals surface area contributed by atoms with Gasteiger partial charge in [0.15, 0.2) is 0 Å². The second-order valence-electron chi connectivity index (χ2n) is 3.26. The maximum Gasteiger partial charge on any atom is 0.342 e. The van der Waals surface area contributed by atoms with Gasteiger partial charge < -0.3 is 9.84 Å². The fourth-order valence-corrected chi connectivity index (χ4v) is 1.57. The first kappa shape index (κ1) is 14.3. The van der Waals surface area contributed by atoms with Gasteiger partial charge in [-0.25, -0.2) is 4.79 Å². The Labute approximate surface area is 110 Å². The van der Waals surface area contributed by atoms with Crippen LogP contribution in [0.4, 0.5) is 5.69 Å². The largest absolute Gasteiger partial charge is 0.515 e. The first-order valence-electron chi connectivity index (χ1n) is 5.41. The average Bonchev–Trinajstić information content (AvgIpc) is 2.40. The number of aliphatic imine (C=N–C) groups is 1. The van der Waals surface area contributed by atoms with Gasteiger partial charge in [-0.1, -0.05) is 0 Å². The molecule has 0 aromatic heterocycles. The standard InChI is InChI=1S/C13H15NO3S/c1-3-17-13(16)10(9-15)8-14-11-4-6-12(18-2)7-5-11/h4-9,15H,3H2,1-2H3. The Kier molecular flexibility index (Phi) is 6.00. The molecule has 0 saturated heterocycles. The molecule has 96 valence electrons. The predicted octanol–water partition coefficient (Wildman–Crippen LogP) is 3.12. The van der Waals surface area contributed by atoms with Crippen LogP contribution in [-0.2, 0) is 9.53 Å². The molecule has 0 aliphatic heterocycles. The summed E-state index contributed by atoms with van der Waals surface area (Å²) >= 11 is 1.64. The molecule has 0 fully saturated rings. The van der Waals surface area contributed by atoms with E-state index >= 15 is 0 Å². The molecule has 0 spiro atoms. The maximum atomic E-state index is 11.4. The molecule has 0 aliphatic carbocycles. The van der Waals surface area contributed by atoms with Crippen molar-refractivity contribution in [1.29, 1.82) is 0 Å². The van der Waals surface area contributed by atoms with E-state index in [4.69, 9.17) is 9.84 Å². The summed E-state index contributed by atoms with van der Waals surface area (Å²) in [6, 6.07) is 7.54. The lowest BCUT2D eigenvalue weighted by Crippen LogP contribution is -2.08. The highest BCUT2D eigenvalue weighted by Crippen LogP contribution is 2.19. The van der Waals surface area contributed by atoms with Gasteiger partial charge in [0.05, 0.1) is 18.6 Å². The van der Waals surface area contributed by atoms with Crippen LogP contribution in [0.15, 0.2) is 46.0 Å². The summed E-state index contributed by atoms with van der Waals surface area (Å²) in [5.41, 5.74) is 0.724. The highest BCUT2D eigenvalue weighted by Gasteiger charge is 2.07. The van der Waals surface area contributed by atoms with Crippen LogP contribution in [0.3, 0.4) is 0 Å². The molecule has 1 aromatic rings. The smallest absolute Gasteiger partial charge is 0.342 e. The van der Waals surface area contributed by atoms with Gasteiger partial charge in [-0.15, -0.1) is 11.8 Å². The van der Waals surface area contributed by atoms with Crippen molar-refractivity contribution in [3.8, 4) is 0 Å². The van der Waals surface area contributed by atoms with Gasteiger partial charge in [0.1, 0.15) is 5.57 Å². The van der Waals surface area contributed by atoms with Crippen molar-refractivity contribution in [3.05, 3.63) is 36.1 Å². The Morgan fingerprint density at radius 2 is 2.11 bits per heavy atom. The number of esters is 1. The van der Waals surface area contributed by atoms with Crippen molar-refractivity contribution in [2.75, 3.05) is 12.9 Å². The molecule has 0 unspecified atom stereocenters. The minimum absolute atomic E-state index is 0.0193. The van der Waals surface area contributed by atoms with Gasteiger partial charge in [-0.3, -0.25) is 4.99 Å². The summed E-state index contributed by atoms with van der Waals surface area (Å²) in [5, 5.41) is 8.93. The Balaban J connectivity index is 2.74. The predicted molar refractivity (Wildman–Crippen MR) is 73.7 cm³/mol. The zero-order chi connectivity index (χ0) is 13.4. The Morgan fingerprint density at radius 3 is 2.61 bits per heavy atom. The molecular weight excluding hydrogens is 250 g/mol. The number of aliphatic hydroxyl groups excluding tert-OH is 1. The molecule has 5 heteroatoms. The summed E-state index contributed by atoms with van der Waals surface area (Å²) < 4.78 is 4.76. The number of nitrogens with zero attached hydrogens (tertiary/aromatic N) is 1. The van der Waals surface area contributed by atoms with Gasteiger partial charge >= 0.3 is 5.97 Å². The number of carbonyl (C=O) groups is 1. The van der Waals surface area contributed by atoms with Crippen LogP contribution < -0.4 is 0 Å². The second-order valence-corrected chi connectivity index (χ2v) is 4.14. The van der Waals surface area contributed by atoms with Crippen LogP contribution >= 0.6 is 11.8 Å². The second kappa shape index (κ2) is 7.55. The SMILES string of the molecule is CCOC(=O)C(C=Nc1ccc(SC)cc1)=CO. The van der Waals surface area contributed by atoms with Gasteiger partial charge in [0.25, 0.3) is 0 Å². The first-order chi connectivity index (χ1) is 8.71. The minimum atomic E-state index is -0.593. The zero-order valence-corrected chi connectivity index (χ0v) is 11.1. The van der Waals surface area contributed by atoms with Crippen molar-refractivity contribution in [2.24, 2.45) is 4.99 Å². The van der Waals surface area contributed by atoms with Crippen molar-refractivity contribution < 1.29 is 14.6 Å². The molecule has 18 heavy (non-hydrogen) atoms.